The predicted molar refractivity (Wildman–Crippen MR) is 44.3 cm³/mol. The number of anilines is 1. The molecule has 84 valence electrons. The molecule has 1 aromatic heterocycles. The van der Waals surface area contributed by atoms with E-state index in [0.29, 0.717) is 0 Å². The van der Waals surface area contributed by atoms with Crippen molar-refractivity contribution in [2.45, 2.75) is 5.51 Å². The zero-order chi connectivity index (χ0) is 11.7. The molecule has 0 unspecified atom stereocenters. The lowest BCUT2D eigenvalue weighted by molar-refractivity contribution is -0.0499. The fraction of sp³-hybridized carbons (Fsp3) is 0.167. The summed E-state index contributed by atoms with van der Waals surface area (Å²) in [6.45, 7) is 0. The third kappa shape index (κ3) is 2.49. The minimum absolute atomic E-state index is 0.252. The molecule has 0 aromatic carbocycles. The number of nitrogens with zero attached hydrogens (tertiary/aromatic N) is 1. The van der Waals surface area contributed by atoms with Crippen LogP contribution >= 0.6 is 0 Å². The zero-order valence-electron chi connectivity index (χ0n) is 7.02. The van der Waals surface area contributed by atoms with Crippen LogP contribution in [-0.2, 0) is 10.1 Å². The highest BCUT2D eigenvalue weighted by Gasteiger charge is 2.48. The molecule has 15 heavy (non-hydrogen) atoms. The standard InChI is InChI=1S/C6H5F3N2O3S/c7-6(8,9)15(12,13)14-5-3-11-2-1-4(5)10/h1-3H,(H2,10,11). The van der Waals surface area contributed by atoms with Gasteiger partial charge in [0, 0.05) is 6.20 Å². The van der Waals surface area contributed by atoms with Crippen LogP contribution in [0.2, 0.25) is 0 Å². The van der Waals surface area contributed by atoms with E-state index in [0.717, 1.165) is 12.3 Å². The molecule has 0 aliphatic rings. The first-order valence-electron chi connectivity index (χ1n) is 3.44. The Morgan fingerprint density at radius 3 is 2.47 bits per heavy atom. The van der Waals surface area contributed by atoms with E-state index in [4.69, 9.17) is 5.73 Å². The molecule has 0 fully saturated rings. The lowest BCUT2D eigenvalue weighted by Gasteiger charge is -2.09. The van der Waals surface area contributed by atoms with Crippen molar-refractivity contribution in [1.29, 1.82) is 0 Å². The fourth-order valence-corrected chi connectivity index (χ4v) is 1.10. The summed E-state index contributed by atoms with van der Waals surface area (Å²) < 4.78 is 60.5. The van der Waals surface area contributed by atoms with Crippen LogP contribution in [0.4, 0.5) is 18.9 Å². The van der Waals surface area contributed by atoms with Crippen LogP contribution in [-0.4, -0.2) is 18.9 Å². The van der Waals surface area contributed by atoms with E-state index in [9.17, 15) is 21.6 Å². The molecule has 0 atom stereocenters. The highest BCUT2D eigenvalue weighted by atomic mass is 32.2. The van der Waals surface area contributed by atoms with Crippen LogP contribution < -0.4 is 9.92 Å². The third-order valence-corrected chi connectivity index (χ3v) is 2.27. The highest BCUT2D eigenvalue weighted by Crippen LogP contribution is 2.28. The number of nitrogen functional groups attached to an aromatic ring is 1. The molecule has 9 heteroatoms. The van der Waals surface area contributed by atoms with Gasteiger partial charge in [0.2, 0.25) is 0 Å². The van der Waals surface area contributed by atoms with Crippen molar-refractivity contribution in [3.8, 4) is 5.75 Å². The molecule has 0 saturated carbocycles. The second kappa shape index (κ2) is 3.57. The first-order chi connectivity index (χ1) is 6.74. The maximum atomic E-state index is 11.9. The zero-order valence-corrected chi connectivity index (χ0v) is 7.84. The summed E-state index contributed by atoms with van der Waals surface area (Å²) in [6, 6.07) is 1.11. The van der Waals surface area contributed by atoms with Crippen molar-refractivity contribution in [1.82, 2.24) is 4.98 Å². The Bertz CT molecular complexity index is 457. The predicted octanol–water partition coefficient (Wildman–Crippen LogP) is 0.892. The van der Waals surface area contributed by atoms with Gasteiger partial charge in [-0.15, -0.1) is 0 Å². The normalized spacial score (nSPS) is 12.5. The van der Waals surface area contributed by atoms with Gasteiger partial charge < -0.3 is 9.92 Å². The molecular weight excluding hydrogens is 237 g/mol. The molecule has 0 spiro atoms. The van der Waals surface area contributed by atoms with Crippen LogP contribution in [0.15, 0.2) is 18.5 Å². The van der Waals surface area contributed by atoms with Gasteiger partial charge in [-0.25, -0.2) is 0 Å². The summed E-state index contributed by atoms with van der Waals surface area (Å²) in [5.74, 6) is -0.658. The van der Waals surface area contributed by atoms with E-state index < -0.39 is 21.4 Å². The van der Waals surface area contributed by atoms with Crippen LogP contribution in [0.3, 0.4) is 0 Å². The molecule has 1 heterocycles. The summed E-state index contributed by atoms with van der Waals surface area (Å²) in [4.78, 5) is 3.37. The Morgan fingerprint density at radius 1 is 1.40 bits per heavy atom. The molecule has 5 nitrogen and oxygen atoms in total. The fourth-order valence-electron chi connectivity index (χ4n) is 0.626. The maximum absolute atomic E-state index is 11.9. The van der Waals surface area contributed by atoms with Crippen molar-refractivity contribution in [3.05, 3.63) is 18.5 Å². The van der Waals surface area contributed by atoms with Gasteiger partial charge in [0.05, 0.1) is 11.9 Å². The first-order valence-corrected chi connectivity index (χ1v) is 4.85. The van der Waals surface area contributed by atoms with Crippen LogP contribution in [0.5, 0.6) is 5.75 Å². The Balaban J connectivity index is 3.03. The number of hydrogen-bond acceptors (Lipinski definition) is 5. The largest absolute Gasteiger partial charge is 0.534 e. The minimum atomic E-state index is -5.69. The van der Waals surface area contributed by atoms with E-state index in [1.54, 1.807) is 0 Å². The summed E-state index contributed by atoms with van der Waals surface area (Å²) in [5.41, 5.74) is -0.569. The van der Waals surface area contributed by atoms with Gasteiger partial charge in [-0.3, -0.25) is 4.98 Å². The molecular formula is C6H5F3N2O3S. The van der Waals surface area contributed by atoms with Crippen molar-refractivity contribution >= 4 is 15.8 Å². The number of hydrogen-bond donors (Lipinski definition) is 1. The smallest absolute Gasteiger partial charge is 0.396 e. The minimum Gasteiger partial charge on any atom is -0.396 e. The number of rotatable bonds is 2. The third-order valence-electron chi connectivity index (χ3n) is 1.30. The van der Waals surface area contributed by atoms with Crippen molar-refractivity contribution in [2.24, 2.45) is 0 Å². The molecule has 1 rings (SSSR count). The van der Waals surface area contributed by atoms with E-state index in [2.05, 4.69) is 9.17 Å². The summed E-state index contributed by atoms with van der Waals surface area (Å²) >= 11 is 0. The van der Waals surface area contributed by atoms with Gasteiger partial charge in [-0.05, 0) is 6.07 Å². The summed E-state index contributed by atoms with van der Waals surface area (Å²) in [5, 5.41) is 0. The molecule has 0 saturated heterocycles. The van der Waals surface area contributed by atoms with Crippen LogP contribution in [0.1, 0.15) is 0 Å². The number of nitrogens with two attached hydrogens (primary N) is 1. The second-order valence-electron chi connectivity index (χ2n) is 2.40. The van der Waals surface area contributed by atoms with Gasteiger partial charge >= 0.3 is 15.6 Å². The van der Waals surface area contributed by atoms with Crippen molar-refractivity contribution in [3.63, 3.8) is 0 Å². The average molecular weight is 242 g/mol. The number of alkyl halides is 3. The number of pyridine rings is 1. The average Bonchev–Trinajstić information content (AvgIpc) is 2.06. The maximum Gasteiger partial charge on any atom is 0.534 e. The van der Waals surface area contributed by atoms with E-state index in [1.807, 2.05) is 0 Å². The lowest BCUT2D eigenvalue weighted by Crippen LogP contribution is -2.28. The molecule has 0 aliphatic heterocycles. The molecule has 0 aliphatic carbocycles. The SMILES string of the molecule is Nc1ccncc1OS(=O)(=O)C(F)(F)F. The molecule has 1 aromatic rings. The molecule has 0 radical (unpaired) electrons. The molecule has 0 bridgehead atoms. The summed E-state index contributed by atoms with van der Waals surface area (Å²) in [7, 11) is -5.69. The van der Waals surface area contributed by atoms with Gasteiger partial charge in [0.15, 0.2) is 5.75 Å². The van der Waals surface area contributed by atoms with Crippen molar-refractivity contribution in [2.75, 3.05) is 5.73 Å². The topological polar surface area (TPSA) is 82.3 Å². The van der Waals surface area contributed by atoms with Crippen LogP contribution in [0.25, 0.3) is 0 Å². The number of aromatic nitrogens is 1. The van der Waals surface area contributed by atoms with Crippen molar-refractivity contribution < 1.29 is 25.8 Å². The van der Waals surface area contributed by atoms with E-state index in [-0.39, 0.29) is 5.69 Å². The van der Waals surface area contributed by atoms with Gasteiger partial charge in [-0.1, -0.05) is 0 Å². The summed E-state index contributed by atoms with van der Waals surface area (Å²) in [6.07, 6.45) is 1.96. The Labute approximate surface area is 82.8 Å². The van der Waals surface area contributed by atoms with Gasteiger partial charge in [0.1, 0.15) is 0 Å². The second-order valence-corrected chi connectivity index (χ2v) is 3.93. The van der Waals surface area contributed by atoms with Gasteiger partial charge in [0.25, 0.3) is 0 Å². The Kier molecular flexibility index (Phi) is 2.75. The quantitative estimate of drug-likeness (QED) is 0.615. The van der Waals surface area contributed by atoms with Crippen LogP contribution in [0, 0.1) is 0 Å². The lowest BCUT2D eigenvalue weighted by atomic mass is 10.4. The molecule has 0 amide bonds. The Morgan fingerprint density at radius 2 is 2.00 bits per heavy atom. The first kappa shape index (κ1) is 11.6. The van der Waals surface area contributed by atoms with Gasteiger partial charge in [-0.2, -0.15) is 21.6 Å². The highest BCUT2D eigenvalue weighted by molar-refractivity contribution is 7.88. The molecule has 2 N–H and O–H groups in total. The Hall–Kier alpha value is -1.51. The monoisotopic (exact) mass is 242 g/mol. The van der Waals surface area contributed by atoms with E-state index in [1.165, 1.54) is 6.20 Å². The van der Waals surface area contributed by atoms with E-state index >= 15 is 0 Å². The number of halogens is 3.